The van der Waals surface area contributed by atoms with E-state index in [4.69, 9.17) is 4.74 Å². The van der Waals surface area contributed by atoms with Gasteiger partial charge in [-0.1, -0.05) is 6.92 Å². The monoisotopic (exact) mass is 410 g/mol. The Labute approximate surface area is 139 Å². The van der Waals surface area contributed by atoms with E-state index in [0.29, 0.717) is 5.92 Å². The normalized spacial score (nSPS) is 21.7. The molecule has 20 heavy (non-hydrogen) atoms. The van der Waals surface area contributed by atoms with Crippen LogP contribution < -0.4 is 15.4 Å². The number of hydrogen-bond acceptors (Lipinski definition) is 3. The van der Waals surface area contributed by atoms with E-state index in [-0.39, 0.29) is 31.0 Å². The van der Waals surface area contributed by atoms with Gasteiger partial charge in [0.1, 0.15) is 5.75 Å². The molecule has 1 aromatic carbocycles. The van der Waals surface area contributed by atoms with Crippen LogP contribution in [0, 0.1) is 9.49 Å². The third kappa shape index (κ3) is 5.46. The van der Waals surface area contributed by atoms with Gasteiger partial charge in [-0.05, 0) is 72.3 Å². The van der Waals surface area contributed by atoms with Crippen LogP contribution in [0.2, 0.25) is 0 Å². The maximum Gasteiger partial charge on any atom is 0.258 e. The number of carbonyl (C=O) groups is 1. The Kier molecular flexibility index (Phi) is 7.61. The van der Waals surface area contributed by atoms with E-state index in [9.17, 15) is 4.79 Å². The van der Waals surface area contributed by atoms with Crippen LogP contribution in [-0.4, -0.2) is 31.6 Å². The van der Waals surface area contributed by atoms with Crippen LogP contribution in [0.5, 0.6) is 5.75 Å². The van der Waals surface area contributed by atoms with E-state index in [2.05, 4.69) is 40.1 Å². The lowest BCUT2D eigenvalue weighted by molar-refractivity contribution is -0.124. The fourth-order valence-corrected chi connectivity index (χ4v) is 2.52. The number of benzene rings is 1. The molecule has 1 aromatic rings. The van der Waals surface area contributed by atoms with Crippen molar-refractivity contribution in [3.63, 3.8) is 0 Å². The number of piperidine rings is 1. The molecule has 2 N–H and O–H groups in total. The molecule has 1 aliphatic rings. The number of rotatable bonds is 4. The van der Waals surface area contributed by atoms with Crippen LogP contribution in [0.1, 0.15) is 13.3 Å². The predicted octanol–water partition coefficient (Wildman–Crippen LogP) is 2.21. The number of ether oxygens (including phenoxy) is 1. The fourth-order valence-electron chi connectivity index (χ4n) is 2.16. The van der Waals surface area contributed by atoms with Gasteiger partial charge in [0.25, 0.3) is 5.91 Å². The average molecular weight is 411 g/mol. The third-order valence-electron chi connectivity index (χ3n) is 3.32. The van der Waals surface area contributed by atoms with E-state index < -0.39 is 0 Å². The average Bonchev–Trinajstić information content (AvgIpc) is 2.41. The number of hydrogen-bond donors (Lipinski definition) is 2. The summed E-state index contributed by atoms with van der Waals surface area (Å²) in [7, 11) is 0. The molecule has 1 heterocycles. The van der Waals surface area contributed by atoms with Crippen molar-refractivity contribution in [1.82, 2.24) is 10.6 Å². The maximum atomic E-state index is 11.8. The molecule has 1 aliphatic heterocycles. The first-order chi connectivity index (χ1) is 9.15. The molecule has 0 spiro atoms. The second-order valence-corrected chi connectivity index (χ2v) is 6.13. The Bertz CT molecular complexity index is 428. The van der Waals surface area contributed by atoms with Gasteiger partial charge < -0.3 is 15.4 Å². The Balaban J connectivity index is 0.00000200. The van der Waals surface area contributed by atoms with E-state index in [1.165, 1.54) is 0 Å². The molecule has 0 radical (unpaired) electrons. The Morgan fingerprint density at radius 3 is 2.80 bits per heavy atom. The molecule has 6 heteroatoms. The van der Waals surface area contributed by atoms with E-state index in [1.54, 1.807) is 0 Å². The van der Waals surface area contributed by atoms with Crippen molar-refractivity contribution < 1.29 is 9.53 Å². The molecule has 2 rings (SSSR count). The molecule has 1 fully saturated rings. The standard InChI is InChI=1S/C14H19IN2O2.ClH/c1-10-8-16-7-6-13(10)17-14(18)9-19-12-4-2-11(15)3-5-12;/h2-5,10,13,16H,6-9H2,1H3,(H,17,18);1H. The largest absolute Gasteiger partial charge is 0.484 e. The van der Waals surface area contributed by atoms with Gasteiger partial charge in [-0.2, -0.15) is 0 Å². The first-order valence-corrected chi connectivity index (χ1v) is 7.61. The van der Waals surface area contributed by atoms with Crippen LogP contribution in [0.25, 0.3) is 0 Å². The van der Waals surface area contributed by atoms with Crippen molar-refractivity contribution >= 4 is 40.9 Å². The van der Waals surface area contributed by atoms with Gasteiger partial charge in [0, 0.05) is 9.61 Å². The number of nitrogens with one attached hydrogen (secondary N) is 2. The van der Waals surface area contributed by atoms with Gasteiger partial charge >= 0.3 is 0 Å². The first-order valence-electron chi connectivity index (χ1n) is 6.53. The summed E-state index contributed by atoms with van der Waals surface area (Å²) in [5.41, 5.74) is 0. The molecule has 0 aliphatic carbocycles. The number of carbonyl (C=O) groups excluding carboxylic acids is 1. The maximum absolute atomic E-state index is 11.8. The van der Waals surface area contributed by atoms with Crippen LogP contribution in [0.4, 0.5) is 0 Å². The van der Waals surface area contributed by atoms with Crippen LogP contribution >= 0.6 is 35.0 Å². The minimum absolute atomic E-state index is 0. The quantitative estimate of drug-likeness (QED) is 0.748. The van der Waals surface area contributed by atoms with Crippen LogP contribution in [0.3, 0.4) is 0 Å². The summed E-state index contributed by atoms with van der Waals surface area (Å²) in [5, 5.41) is 6.36. The highest BCUT2D eigenvalue weighted by Crippen LogP contribution is 2.13. The Hall–Kier alpha value is -0.530. The smallest absolute Gasteiger partial charge is 0.258 e. The Morgan fingerprint density at radius 2 is 2.15 bits per heavy atom. The highest BCUT2D eigenvalue weighted by Gasteiger charge is 2.22. The molecule has 4 nitrogen and oxygen atoms in total. The lowest BCUT2D eigenvalue weighted by Crippen LogP contribution is -2.49. The van der Waals surface area contributed by atoms with Crippen molar-refractivity contribution in [2.45, 2.75) is 19.4 Å². The molecule has 112 valence electrons. The van der Waals surface area contributed by atoms with Gasteiger partial charge in [0.15, 0.2) is 6.61 Å². The lowest BCUT2D eigenvalue weighted by Gasteiger charge is -2.30. The van der Waals surface area contributed by atoms with Gasteiger partial charge in [-0.3, -0.25) is 4.79 Å². The molecular weight excluding hydrogens is 391 g/mol. The predicted molar refractivity (Wildman–Crippen MR) is 90.5 cm³/mol. The molecule has 0 saturated carbocycles. The van der Waals surface area contributed by atoms with Crippen molar-refractivity contribution in [3.05, 3.63) is 27.8 Å². The minimum atomic E-state index is -0.0442. The van der Waals surface area contributed by atoms with Crippen LogP contribution in [0.15, 0.2) is 24.3 Å². The molecule has 0 aromatic heterocycles. The summed E-state index contributed by atoms with van der Waals surface area (Å²) in [6.07, 6.45) is 0.983. The zero-order valence-corrected chi connectivity index (χ0v) is 14.4. The molecular formula is C14H20ClIN2O2. The summed E-state index contributed by atoms with van der Waals surface area (Å²) in [4.78, 5) is 11.8. The van der Waals surface area contributed by atoms with E-state index in [0.717, 1.165) is 28.8 Å². The fraction of sp³-hybridized carbons (Fsp3) is 0.500. The summed E-state index contributed by atoms with van der Waals surface area (Å²) in [5.74, 6) is 1.15. The van der Waals surface area contributed by atoms with E-state index >= 15 is 0 Å². The summed E-state index contributed by atoms with van der Waals surface area (Å²) in [6, 6.07) is 7.93. The number of amides is 1. The zero-order valence-electron chi connectivity index (χ0n) is 11.4. The molecule has 1 amide bonds. The van der Waals surface area contributed by atoms with Crippen molar-refractivity contribution in [3.8, 4) is 5.75 Å². The van der Waals surface area contributed by atoms with Crippen LogP contribution in [-0.2, 0) is 4.79 Å². The second kappa shape index (κ2) is 8.69. The Morgan fingerprint density at radius 1 is 1.45 bits per heavy atom. The topological polar surface area (TPSA) is 50.4 Å². The van der Waals surface area contributed by atoms with Gasteiger partial charge in [0.05, 0.1) is 0 Å². The second-order valence-electron chi connectivity index (χ2n) is 4.89. The molecule has 1 saturated heterocycles. The summed E-state index contributed by atoms with van der Waals surface area (Å²) in [6.45, 7) is 4.16. The molecule has 2 unspecified atom stereocenters. The lowest BCUT2D eigenvalue weighted by atomic mass is 9.95. The van der Waals surface area contributed by atoms with Gasteiger partial charge in [-0.25, -0.2) is 0 Å². The van der Waals surface area contributed by atoms with Crippen molar-refractivity contribution in [2.24, 2.45) is 5.92 Å². The minimum Gasteiger partial charge on any atom is -0.484 e. The molecule has 0 bridgehead atoms. The third-order valence-corrected chi connectivity index (χ3v) is 4.03. The highest BCUT2D eigenvalue weighted by atomic mass is 127. The first kappa shape index (κ1) is 17.5. The van der Waals surface area contributed by atoms with Gasteiger partial charge in [0.2, 0.25) is 0 Å². The van der Waals surface area contributed by atoms with Gasteiger partial charge in [-0.15, -0.1) is 12.4 Å². The number of halogens is 2. The van der Waals surface area contributed by atoms with Crippen molar-refractivity contribution in [2.75, 3.05) is 19.7 Å². The SMILES string of the molecule is CC1CNCCC1NC(=O)COc1ccc(I)cc1.Cl. The zero-order chi connectivity index (χ0) is 13.7. The van der Waals surface area contributed by atoms with E-state index in [1.807, 2.05) is 24.3 Å². The molecule has 2 atom stereocenters. The highest BCUT2D eigenvalue weighted by molar-refractivity contribution is 14.1. The summed E-state index contributed by atoms with van der Waals surface area (Å²) >= 11 is 2.24. The summed E-state index contributed by atoms with van der Waals surface area (Å²) < 4.78 is 6.62. The van der Waals surface area contributed by atoms with Crippen molar-refractivity contribution in [1.29, 1.82) is 0 Å².